The zero-order valence-corrected chi connectivity index (χ0v) is 10.8. The van der Waals surface area contributed by atoms with Gasteiger partial charge in [0.05, 0.1) is 0 Å². The van der Waals surface area contributed by atoms with Gasteiger partial charge in [-0.2, -0.15) is 0 Å². The number of hydrogen-bond donors (Lipinski definition) is 2. The van der Waals surface area contributed by atoms with Gasteiger partial charge in [0.25, 0.3) is 0 Å². The maximum absolute atomic E-state index is 10.4. The molecule has 0 heterocycles. The molecule has 0 bridgehead atoms. The molecule has 0 saturated heterocycles. The molecular weight excluding hydrogens is 280 g/mol. The first-order valence-corrected chi connectivity index (χ1v) is 5.85. The fourth-order valence-corrected chi connectivity index (χ4v) is 1.15. The van der Waals surface area contributed by atoms with Crippen LogP contribution >= 0.6 is 15.9 Å². The summed E-state index contributed by atoms with van der Waals surface area (Å²) in [7, 11) is 0. The van der Waals surface area contributed by atoms with Gasteiger partial charge in [-0.05, 0) is 22.4 Å². The molecule has 0 aromatic rings. The van der Waals surface area contributed by atoms with Gasteiger partial charge in [-0.15, -0.1) is 0 Å². The van der Waals surface area contributed by atoms with Crippen LogP contribution in [0.3, 0.4) is 0 Å². The highest BCUT2D eigenvalue weighted by atomic mass is 79.9. The lowest BCUT2D eigenvalue weighted by Gasteiger charge is -1.95. The van der Waals surface area contributed by atoms with Crippen molar-refractivity contribution < 1.29 is 24.6 Å². The maximum atomic E-state index is 10.4. The van der Waals surface area contributed by atoms with Crippen LogP contribution in [0.1, 0.15) is 45.4 Å². The Labute approximate surface area is 103 Å². The molecule has 0 amide bonds. The summed E-state index contributed by atoms with van der Waals surface area (Å²) in [6.07, 6.45) is 6.79. The number of carbonyl (C=O) groups excluding carboxylic acids is 1. The van der Waals surface area contributed by atoms with E-state index in [1.807, 2.05) is 0 Å². The van der Waals surface area contributed by atoms with Crippen molar-refractivity contribution in [2.24, 2.45) is 0 Å². The Bertz CT molecular complexity index is 215. The molecule has 0 fully saturated rings. The number of halogens is 1. The Morgan fingerprint density at radius 1 is 0.938 bits per heavy atom. The summed E-state index contributed by atoms with van der Waals surface area (Å²) < 4.78 is 0.143. The zero-order chi connectivity index (χ0) is 13.0. The molecule has 0 aliphatic carbocycles. The second kappa shape index (κ2) is 12.2. The van der Waals surface area contributed by atoms with Crippen molar-refractivity contribution in [1.29, 1.82) is 0 Å². The molecule has 0 rings (SSSR count). The van der Waals surface area contributed by atoms with Crippen LogP contribution in [0.2, 0.25) is 0 Å². The predicted molar refractivity (Wildman–Crippen MR) is 62.6 cm³/mol. The van der Waals surface area contributed by atoms with E-state index in [-0.39, 0.29) is 4.69 Å². The lowest BCUT2D eigenvalue weighted by molar-refractivity contribution is -0.159. The minimum absolute atomic E-state index is 0.143. The number of rotatable bonds is 6. The number of carbonyl (C=O) groups is 3. The molecule has 2 N–H and O–H groups in total. The van der Waals surface area contributed by atoms with Crippen molar-refractivity contribution in [3.63, 3.8) is 0 Å². The average Bonchev–Trinajstić information content (AvgIpc) is 2.18. The summed E-state index contributed by atoms with van der Waals surface area (Å²) in [5, 5.41) is 14.8. The molecule has 0 saturated carbocycles. The van der Waals surface area contributed by atoms with Crippen LogP contribution in [0.25, 0.3) is 0 Å². The van der Waals surface area contributed by atoms with Gasteiger partial charge in [-0.3, -0.25) is 4.79 Å². The summed E-state index contributed by atoms with van der Waals surface area (Å²) in [6.45, 7) is 2.19. The second-order valence-electron chi connectivity index (χ2n) is 3.13. The first-order valence-electron chi connectivity index (χ1n) is 5.06. The summed E-state index contributed by atoms with van der Waals surface area (Å²) in [5.74, 6) is -3.65. The molecule has 16 heavy (non-hydrogen) atoms. The summed E-state index contributed by atoms with van der Waals surface area (Å²) >= 11 is 2.90. The Morgan fingerprint density at radius 3 is 1.69 bits per heavy atom. The van der Waals surface area contributed by atoms with Crippen molar-refractivity contribution >= 4 is 32.6 Å². The van der Waals surface area contributed by atoms with E-state index in [2.05, 4.69) is 22.9 Å². The van der Waals surface area contributed by atoms with Gasteiger partial charge in [0.15, 0.2) is 4.69 Å². The lowest BCUT2D eigenvalue weighted by atomic mass is 10.1. The van der Waals surface area contributed by atoms with Gasteiger partial charge in [-0.25, -0.2) is 9.59 Å². The predicted octanol–water partition coefficient (Wildman–Crippen LogP) is 2.42. The van der Waals surface area contributed by atoms with Crippen LogP contribution in [0.15, 0.2) is 0 Å². The number of carboxylic acid groups (broad SMARTS) is 2. The van der Waals surface area contributed by atoms with Crippen molar-refractivity contribution in [3.05, 3.63) is 0 Å². The fourth-order valence-electron chi connectivity index (χ4n) is 0.868. The van der Waals surface area contributed by atoms with E-state index >= 15 is 0 Å². The number of unbranched alkanes of at least 4 members (excludes halogenated alkanes) is 4. The Kier molecular flexibility index (Phi) is 13.3. The van der Waals surface area contributed by atoms with Gasteiger partial charge >= 0.3 is 11.9 Å². The summed E-state index contributed by atoms with van der Waals surface area (Å²) in [5.41, 5.74) is 0. The Hall–Kier alpha value is -0.910. The zero-order valence-electron chi connectivity index (χ0n) is 9.24. The van der Waals surface area contributed by atoms with Gasteiger partial charge in [0.1, 0.15) is 0 Å². The van der Waals surface area contributed by atoms with E-state index < -0.39 is 11.9 Å². The largest absolute Gasteiger partial charge is 0.473 e. The van der Waals surface area contributed by atoms with Gasteiger partial charge < -0.3 is 10.2 Å². The van der Waals surface area contributed by atoms with Crippen molar-refractivity contribution in [2.75, 3.05) is 0 Å². The topological polar surface area (TPSA) is 91.7 Å². The molecule has 0 aromatic heterocycles. The molecule has 6 heteroatoms. The van der Waals surface area contributed by atoms with E-state index in [1.54, 1.807) is 0 Å². The third kappa shape index (κ3) is 18.8. The molecular formula is C10H17BrO5. The van der Waals surface area contributed by atoms with E-state index in [0.29, 0.717) is 6.42 Å². The SMILES string of the molecule is CCCCCCCC(=O)Br.O=C(O)C(=O)O. The minimum atomic E-state index is -1.82. The van der Waals surface area contributed by atoms with Crippen LogP contribution in [0.4, 0.5) is 0 Å². The van der Waals surface area contributed by atoms with Crippen LogP contribution in [0, 0.1) is 0 Å². The molecule has 0 unspecified atom stereocenters. The van der Waals surface area contributed by atoms with Crippen molar-refractivity contribution in [1.82, 2.24) is 0 Å². The highest BCUT2D eigenvalue weighted by Gasteiger charge is 2.04. The van der Waals surface area contributed by atoms with E-state index in [4.69, 9.17) is 19.8 Å². The smallest absolute Gasteiger partial charge is 0.414 e. The number of carboxylic acids is 2. The molecule has 0 aliphatic heterocycles. The van der Waals surface area contributed by atoms with Crippen molar-refractivity contribution in [3.8, 4) is 0 Å². The highest BCUT2D eigenvalue weighted by molar-refractivity contribution is 9.18. The highest BCUT2D eigenvalue weighted by Crippen LogP contribution is 2.06. The molecule has 94 valence electrons. The van der Waals surface area contributed by atoms with Crippen LogP contribution < -0.4 is 0 Å². The lowest BCUT2D eigenvalue weighted by Crippen LogP contribution is -2.09. The third-order valence-electron chi connectivity index (χ3n) is 1.66. The monoisotopic (exact) mass is 296 g/mol. The molecule has 5 nitrogen and oxygen atoms in total. The average molecular weight is 297 g/mol. The second-order valence-corrected chi connectivity index (χ2v) is 4.01. The number of hydrogen-bond acceptors (Lipinski definition) is 3. The first kappa shape index (κ1) is 17.5. The molecule has 0 radical (unpaired) electrons. The van der Waals surface area contributed by atoms with Gasteiger partial charge in [0, 0.05) is 6.42 Å². The maximum Gasteiger partial charge on any atom is 0.414 e. The number of aliphatic carboxylic acids is 2. The molecule has 0 aromatic carbocycles. The van der Waals surface area contributed by atoms with Crippen LogP contribution in [0.5, 0.6) is 0 Å². The molecule has 0 spiro atoms. The fraction of sp³-hybridized carbons (Fsp3) is 0.700. The van der Waals surface area contributed by atoms with E-state index in [1.165, 1.54) is 25.7 Å². The van der Waals surface area contributed by atoms with Crippen LogP contribution in [-0.2, 0) is 14.4 Å². The van der Waals surface area contributed by atoms with Gasteiger partial charge in [0.2, 0.25) is 0 Å². The quantitative estimate of drug-likeness (QED) is 0.446. The Balaban J connectivity index is 0. The van der Waals surface area contributed by atoms with Gasteiger partial charge in [-0.1, -0.05) is 32.6 Å². The summed E-state index contributed by atoms with van der Waals surface area (Å²) in [6, 6.07) is 0. The van der Waals surface area contributed by atoms with E-state index in [9.17, 15) is 4.79 Å². The molecule has 0 aliphatic rings. The van der Waals surface area contributed by atoms with Crippen molar-refractivity contribution in [2.45, 2.75) is 45.4 Å². The van der Waals surface area contributed by atoms with Crippen LogP contribution in [-0.4, -0.2) is 26.8 Å². The first-order chi connectivity index (χ1) is 7.41. The Morgan fingerprint density at radius 2 is 1.38 bits per heavy atom. The standard InChI is InChI=1S/C8H15BrO.C2H2O4/c1-2-3-4-5-6-7-8(9)10;3-1(4)2(5)6/h2-7H2,1H3;(H,3,4)(H,5,6). The summed E-state index contributed by atoms with van der Waals surface area (Å²) in [4.78, 5) is 28.6. The van der Waals surface area contributed by atoms with E-state index in [0.717, 1.165) is 6.42 Å². The third-order valence-corrected chi connectivity index (χ3v) is 2.06. The molecule has 0 atom stereocenters. The minimum Gasteiger partial charge on any atom is -0.473 e. The normalized spacial score (nSPS) is 8.88.